The van der Waals surface area contributed by atoms with Gasteiger partial charge >= 0.3 is 0 Å². The van der Waals surface area contributed by atoms with Crippen molar-refractivity contribution in [1.82, 2.24) is 0 Å². The van der Waals surface area contributed by atoms with Crippen molar-refractivity contribution < 1.29 is 17.6 Å². The topological polar surface area (TPSA) is 0 Å². The van der Waals surface area contributed by atoms with Gasteiger partial charge < -0.3 is 0 Å². The minimum Gasteiger partial charge on any atom is -0.244 e. The van der Waals surface area contributed by atoms with Gasteiger partial charge in [0.05, 0.1) is 0 Å². The molecular weight excluding hydrogens is 388 g/mol. The van der Waals surface area contributed by atoms with Crippen LogP contribution in [0.15, 0.2) is 0 Å². The smallest absolute Gasteiger partial charge is 0.134 e. The number of hydrogen-bond acceptors (Lipinski definition) is 0. The normalized spacial score (nSPS) is 31.8. The van der Waals surface area contributed by atoms with E-state index < -0.39 is 24.7 Å². The summed E-state index contributed by atoms with van der Waals surface area (Å²) in [5.41, 5.74) is 0. The fourth-order valence-electron chi connectivity index (χ4n) is 5.80. The Morgan fingerprint density at radius 1 is 0.567 bits per heavy atom. The second-order valence-corrected chi connectivity index (χ2v) is 10.3. The van der Waals surface area contributed by atoms with E-state index in [1.807, 2.05) is 0 Å². The molecule has 2 saturated carbocycles. The van der Waals surface area contributed by atoms with Crippen LogP contribution in [0.2, 0.25) is 0 Å². The molecule has 2 aliphatic rings. The van der Waals surface area contributed by atoms with Crippen LogP contribution in [0.5, 0.6) is 0 Å². The Hall–Kier alpha value is -0.280. The molecule has 2 aliphatic carbocycles. The van der Waals surface area contributed by atoms with Crippen molar-refractivity contribution >= 4 is 0 Å². The molecule has 0 bridgehead atoms. The highest BCUT2D eigenvalue weighted by molar-refractivity contribution is 4.85. The quantitative estimate of drug-likeness (QED) is 0.254. The third kappa shape index (κ3) is 8.34. The molecule has 0 amide bonds. The highest BCUT2D eigenvalue weighted by Gasteiger charge is 2.36. The van der Waals surface area contributed by atoms with Gasteiger partial charge in [-0.1, -0.05) is 78.1 Å². The maximum atomic E-state index is 14.6. The fourth-order valence-corrected chi connectivity index (χ4v) is 5.80. The van der Waals surface area contributed by atoms with Gasteiger partial charge in [-0.25, -0.2) is 17.6 Å². The van der Waals surface area contributed by atoms with Crippen LogP contribution in [0.4, 0.5) is 17.6 Å². The van der Waals surface area contributed by atoms with E-state index in [0.29, 0.717) is 11.8 Å². The Balaban J connectivity index is 1.65. The van der Waals surface area contributed by atoms with Crippen LogP contribution in [-0.4, -0.2) is 24.7 Å². The molecule has 0 radical (unpaired) electrons. The molecule has 0 aromatic carbocycles. The van der Waals surface area contributed by atoms with Crippen LogP contribution in [0.25, 0.3) is 0 Å². The van der Waals surface area contributed by atoms with Crippen molar-refractivity contribution in [2.75, 3.05) is 0 Å². The van der Waals surface area contributed by atoms with Crippen LogP contribution in [-0.2, 0) is 0 Å². The maximum Gasteiger partial charge on any atom is 0.134 e. The third-order valence-corrected chi connectivity index (χ3v) is 8.02. The number of alkyl halides is 4. The van der Waals surface area contributed by atoms with Gasteiger partial charge in [-0.05, 0) is 62.2 Å². The summed E-state index contributed by atoms with van der Waals surface area (Å²) in [6, 6.07) is 0. The SMILES string of the molecule is CCCCC1CCC([C@@H](F)[C@H](F)CC[C@@H](F)[C@H](F)C2CCC(CCCC)CC2)CC1. The highest BCUT2D eigenvalue weighted by atomic mass is 19.2. The lowest BCUT2D eigenvalue weighted by Gasteiger charge is -2.33. The molecule has 0 spiro atoms. The third-order valence-electron chi connectivity index (χ3n) is 8.02. The van der Waals surface area contributed by atoms with Gasteiger partial charge in [0.2, 0.25) is 0 Å². The predicted molar refractivity (Wildman–Crippen MR) is 119 cm³/mol. The van der Waals surface area contributed by atoms with Crippen molar-refractivity contribution in [2.24, 2.45) is 23.7 Å². The lowest BCUT2D eigenvalue weighted by Crippen LogP contribution is -2.33. The molecule has 30 heavy (non-hydrogen) atoms. The summed E-state index contributed by atoms with van der Waals surface area (Å²) in [4.78, 5) is 0. The number of hydrogen-bond donors (Lipinski definition) is 0. The van der Waals surface area contributed by atoms with Crippen LogP contribution < -0.4 is 0 Å². The van der Waals surface area contributed by atoms with Gasteiger partial charge in [0.15, 0.2) is 0 Å². The van der Waals surface area contributed by atoms with E-state index >= 15 is 0 Å². The van der Waals surface area contributed by atoms with Crippen molar-refractivity contribution in [1.29, 1.82) is 0 Å². The summed E-state index contributed by atoms with van der Waals surface area (Å²) in [7, 11) is 0. The lowest BCUT2D eigenvalue weighted by molar-refractivity contribution is 0.0449. The molecule has 4 atom stereocenters. The van der Waals surface area contributed by atoms with E-state index in [9.17, 15) is 17.6 Å². The van der Waals surface area contributed by atoms with Gasteiger partial charge in [-0.15, -0.1) is 0 Å². The Labute approximate surface area is 183 Å². The lowest BCUT2D eigenvalue weighted by atomic mass is 9.76. The first kappa shape index (κ1) is 26.0. The summed E-state index contributed by atoms with van der Waals surface area (Å²) >= 11 is 0. The average molecular weight is 435 g/mol. The molecule has 0 aromatic rings. The minimum absolute atomic E-state index is 0.190. The first-order valence-corrected chi connectivity index (χ1v) is 13.0. The van der Waals surface area contributed by atoms with Gasteiger partial charge in [0.1, 0.15) is 24.7 Å². The van der Waals surface area contributed by atoms with Crippen molar-refractivity contribution in [3.63, 3.8) is 0 Å². The molecule has 0 aromatic heterocycles. The van der Waals surface area contributed by atoms with Gasteiger partial charge in [-0.3, -0.25) is 0 Å². The molecule has 0 nitrogen and oxygen atoms in total. The number of rotatable bonds is 13. The molecule has 4 heteroatoms. The van der Waals surface area contributed by atoms with Crippen LogP contribution in [0, 0.1) is 23.7 Å². The summed E-state index contributed by atoms with van der Waals surface area (Å²) < 4.78 is 58.1. The van der Waals surface area contributed by atoms with Crippen molar-refractivity contribution in [3.8, 4) is 0 Å². The zero-order valence-electron chi connectivity index (χ0n) is 19.4. The first-order valence-electron chi connectivity index (χ1n) is 13.0. The van der Waals surface area contributed by atoms with Gasteiger partial charge in [-0.2, -0.15) is 0 Å². The Bertz CT molecular complexity index is 387. The van der Waals surface area contributed by atoms with E-state index in [1.165, 1.54) is 38.5 Å². The average Bonchev–Trinajstić information content (AvgIpc) is 2.79. The molecule has 0 heterocycles. The van der Waals surface area contributed by atoms with Crippen LogP contribution in [0.3, 0.4) is 0 Å². The molecule has 0 unspecified atom stereocenters. The zero-order chi connectivity index (χ0) is 21.9. The largest absolute Gasteiger partial charge is 0.244 e. The van der Waals surface area contributed by atoms with Crippen molar-refractivity contribution in [2.45, 2.75) is 141 Å². The van der Waals surface area contributed by atoms with Crippen LogP contribution >= 0.6 is 0 Å². The first-order chi connectivity index (χ1) is 14.5. The Kier molecular flexibility index (Phi) is 12.1. The summed E-state index contributed by atoms with van der Waals surface area (Å²) in [6.07, 6.45) is 7.33. The highest BCUT2D eigenvalue weighted by Crippen LogP contribution is 2.38. The molecule has 2 fully saturated rings. The second-order valence-electron chi connectivity index (χ2n) is 10.3. The Morgan fingerprint density at radius 2 is 0.900 bits per heavy atom. The molecule has 0 N–H and O–H groups in total. The molecule has 0 saturated heterocycles. The van der Waals surface area contributed by atoms with E-state index in [0.717, 1.165) is 51.4 Å². The molecule has 178 valence electrons. The van der Waals surface area contributed by atoms with E-state index in [4.69, 9.17) is 0 Å². The number of halogens is 4. The molecule has 0 aliphatic heterocycles. The van der Waals surface area contributed by atoms with Crippen molar-refractivity contribution in [3.05, 3.63) is 0 Å². The van der Waals surface area contributed by atoms with E-state index in [1.54, 1.807) is 0 Å². The van der Waals surface area contributed by atoms with E-state index in [-0.39, 0.29) is 24.7 Å². The van der Waals surface area contributed by atoms with Crippen LogP contribution in [0.1, 0.15) is 117 Å². The summed E-state index contributed by atoms with van der Waals surface area (Å²) in [6.45, 7) is 4.35. The van der Waals surface area contributed by atoms with Gasteiger partial charge in [0, 0.05) is 0 Å². The fraction of sp³-hybridized carbons (Fsp3) is 1.00. The molecule has 2 rings (SSSR count). The van der Waals surface area contributed by atoms with E-state index in [2.05, 4.69) is 13.8 Å². The Morgan fingerprint density at radius 3 is 1.20 bits per heavy atom. The minimum atomic E-state index is -1.66. The molecular formula is C26H46F4. The van der Waals surface area contributed by atoms with Gasteiger partial charge in [0.25, 0.3) is 0 Å². The summed E-state index contributed by atoms with van der Waals surface area (Å²) in [5.74, 6) is 0.836. The second kappa shape index (κ2) is 14.0. The number of unbranched alkanes of at least 4 members (excludes halogenated alkanes) is 2. The summed E-state index contributed by atoms with van der Waals surface area (Å²) in [5, 5.41) is 0. The predicted octanol–water partition coefficient (Wildman–Crippen LogP) is 9.11. The monoisotopic (exact) mass is 434 g/mol. The zero-order valence-corrected chi connectivity index (χ0v) is 19.4. The maximum absolute atomic E-state index is 14.6. The standard InChI is InChI=1S/C26H46F4/c1-3-5-7-19-9-13-21(14-10-19)25(29)23(27)17-18-24(28)26(30)22-15-11-20(12-16-22)8-6-4-2/h19-26H,3-18H2,1-2H3/t19?,20?,21?,22?,23-,24-,25-,26-/m1/s1.